The Morgan fingerprint density at radius 2 is 1.81 bits per heavy atom. The van der Waals surface area contributed by atoms with Gasteiger partial charge in [-0.2, -0.15) is 4.98 Å². The molecule has 4 aromatic rings. The molecule has 9 heteroatoms. The van der Waals surface area contributed by atoms with Crippen molar-refractivity contribution >= 4 is 11.6 Å². The summed E-state index contributed by atoms with van der Waals surface area (Å²) in [5.74, 6) is 2.91. The average molecular weight is 487 g/mol. The lowest BCUT2D eigenvalue weighted by Crippen LogP contribution is -2.45. The molecule has 3 heterocycles. The number of furan rings is 1. The monoisotopic (exact) mass is 486 g/mol. The SMILES string of the molecule is CCOc1ccc(C2NC(=O)N(Cc3ccco3)C(C)=C2c2nc(-c3ccc(OC)cc3)no2)cc1. The van der Waals surface area contributed by atoms with Crippen LogP contribution in [0, 0.1) is 0 Å². The number of rotatable bonds is 8. The normalized spacial score (nSPS) is 15.7. The second-order valence-corrected chi connectivity index (χ2v) is 8.20. The van der Waals surface area contributed by atoms with Crippen LogP contribution in [-0.4, -0.2) is 34.8 Å². The number of methoxy groups -OCH3 is 1. The van der Waals surface area contributed by atoms with Crippen LogP contribution in [-0.2, 0) is 6.54 Å². The van der Waals surface area contributed by atoms with E-state index >= 15 is 0 Å². The van der Waals surface area contributed by atoms with Crippen molar-refractivity contribution in [1.29, 1.82) is 0 Å². The number of nitrogens with zero attached hydrogens (tertiary/aromatic N) is 3. The van der Waals surface area contributed by atoms with Crippen molar-refractivity contribution in [3.8, 4) is 22.9 Å². The fourth-order valence-electron chi connectivity index (χ4n) is 4.17. The van der Waals surface area contributed by atoms with E-state index in [1.54, 1.807) is 24.3 Å². The zero-order valence-electron chi connectivity index (χ0n) is 20.2. The fraction of sp³-hybridized carbons (Fsp3) is 0.222. The van der Waals surface area contributed by atoms with Gasteiger partial charge in [-0.3, -0.25) is 4.90 Å². The Kier molecular flexibility index (Phi) is 6.44. The molecule has 1 unspecified atom stereocenters. The lowest BCUT2D eigenvalue weighted by molar-refractivity contribution is 0.199. The number of hydrogen-bond acceptors (Lipinski definition) is 7. The smallest absolute Gasteiger partial charge is 0.322 e. The minimum absolute atomic E-state index is 0.249. The summed E-state index contributed by atoms with van der Waals surface area (Å²) in [6.07, 6.45) is 1.58. The van der Waals surface area contributed by atoms with Crippen molar-refractivity contribution in [3.63, 3.8) is 0 Å². The molecule has 36 heavy (non-hydrogen) atoms. The van der Waals surface area contributed by atoms with Crippen molar-refractivity contribution in [2.75, 3.05) is 13.7 Å². The number of hydrogen-bond donors (Lipinski definition) is 1. The molecular weight excluding hydrogens is 460 g/mol. The third-order valence-electron chi connectivity index (χ3n) is 6.02. The summed E-state index contributed by atoms with van der Waals surface area (Å²) in [4.78, 5) is 19.5. The number of carbonyl (C=O) groups excluding carboxylic acids is 1. The summed E-state index contributed by atoms with van der Waals surface area (Å²) in [5.41, 5.74) is 3.05. The van der Waals surface area contributed by atoms with E-state index in [1.165, 1.54) is 0 Å². The van der Waals surface area contributed by atoms with Crippen molar-refractivity contribution < 1.29 is 23.2 Å². The zero-order chi connectivity index (χ0) is 25.1. The van der Waals surface area contributed by atoms with Crippen molar-refractivity contribution in [1.82, 2.24) is 20.4 Å². The molecule has 0 bridgehead atoms. The molecule has 1 aliphatic rings. The molecule has 2 aromatic heterocycles. The Bertz CT molecular complexity index is 1360. The minimum atomic E-state index is -0.495. The summed E-state index contributed by atoms with van der Waals surface area (Å²) in [6.45, 7) is 4.64. The Morgan fingerprint density at radius 1 is 1.06 bits per heavy atom. The quantitative estimate of drug-likeness (QED) is 0.354. The first kappa shape index (κ1) is 23.2. The lowest BCUT2D eigenvalue weighted by Gasteiger charge is -2.34. The highest BCUT2D eigenvalue weighted by molar-refractivity contribution is 5.86. The molecule has 1 aliphatic heterocycles. The van der Waals surface area contributed by atoms with E-state index in [4.69, 9.17) is 18.4 Å². The summed E-state index contributed by atoms with van der Waals surface area (Å²) in [6, 6.07) is 17.9. The van der Waals surface area contributed by atoms with Crippen LogP contribution >= 0.6 is 0 Å². The van der Waals surface area contributed by atoms with Crippen LogP contribution in [0.3, 0.4) is 0 Å². The highest BCUT2D eigenvalue weighted by Gasteiger charge is 2.36. The van der Waals surface area contributed by atoms with E-state index in [2.05, 4.69) is 15.5 Å². The summed E-state index contributed by atoms with van der Waals surface area (Å²) in [7, 11) is 1.61. The topological polar surface area (TPSA) is 103 Å². The van der Waals surface area contributed by atoms with Gasteiger partial charge >= 0.3 is 6.03 Å². The third kappa shape index (κ3) is 4.55. The van der Waals surface area contributed by atoms with Gasteiger partial charge in [-0.25, -0.2) is 4.79 Å². The molecule has 0 saturated carbocycles. The van der Waals surface area contributed by atoms with Gasteiger partial charge in [-0.05, 0) is 67.9 Å². The number of ether oxygens (including phenoxy) is 2. The van der Waals surface area contributed by atoms with E-state index in [9.17, 15) is 4.79 Å². The molecule has 0 aliphatic carbocycles. The lowest BCUT2D eigenvalue weighted by atomic mass is 9.94. The van der Waals surface area contributed by atoms with Crippen LogP contribution in [0.2, 0.25) is 0 Å². The Hall–Kier alpha value is -4.53. The maximum Gasteiger partial charge on any atom is 0.322 e. The van der Waals surface area contributed by atoms with Gasteiger partial charge in [0.1, 0.15) is 17.3 Å². The second-order valence-electron chi connectivity index (χ2n) is 8.20. The molecule has 0 spiro atoms. The molecule has 0 fully saturated rings. The Labute approximate surface area is 208 Å². The van der Waals surface area contributed by atoms with Crippen LogP contribution in [0.5, 0.6) is 11.5 Å². The Balaban J connectivity index is 1.55. The van der Waals surface area contributed by atoms with Crippen LogP contribution in [0.4, 0.5) is 4.79 Å². The number of amides is 2. The van der Waals surface area contributed by atoms with Gasteiger partial charge in [0, 0.05) is 11.3 Å². The number of aromatic nitrogens is 2. The number of allylic oxidation sites excluding steroid dienone is 1. The van der Waals surface area contributed by atoms with Gasteiger partial charge in [0.25, 0.3) is 5.89 Å². The highest BCUT2D eigenvalue weighted by atomic mass is 16.5. The average Bonchev–Trinajstić information content (AvgIpc) is 3.60. The number of nitrogens with one attached hydrogen (secondary N) is 1. The van der Waals surface area contributed by atoms with E-state index in [0.717, 1.165) is 22.6 Å². The molecule has 184 valence electrons. The molecule has 5 rings (SSSR count). The van der Waals surface area contributed by atoms with Gasteiger partial charge in [-0.15, -0.1) is 0 Å². The van der Waals surface area contributed by atoms with Gasteiger partial charge < -0.3 is 23.7 Å². The van der Waals surface area contributed by atoms with Crippen molar-refractivity contribution in [2.24, 2.45) is 0 Å². The van der Waals surface area contributed by atoms with Crippen LogP contribution < -0.4 is 14.8 Å². The minimum Gasteiger partial charge on any atom is -0.497 e. The van der Waals surface area contributed by atoms with Gasteiger partial charge in [0.2, 0.25) is 5.82 Å². The second kappa shape index (κ2) is 9.99. The summed E-state index contributed by atoms with van der Waals surface area (Å²) in [5, 5.41) is 7.30. The fourth-order valence-corrected chi connectivity index (χ4v) is 4.17. The van der Waals surface area contributed by atoms with E-state index in [-0.39, 0.29) is 12.6 Å². The van der Waals surface area contributed by atoms with Crippen LogP contribution in [0.15, 0.2) is 81.6 Å². The van der Waals surface area contributed by atoms with Crippen LogP contribution in [0.25, 0.3) is 17.0 Å². The van der Waals surface area contributed by atoms with Crippen LogP contribution in [0.1, 0.15) is 37.1 Å². The molecule has 1 N–H and O–H groups in total. The molecule has 1 atom stereocenters. The largest absolute Gasteiger partial charge is 0.497 e. The summed E-state index contributed by atoms with van der Waals surface area (Å²) >= 11 is 0. The van der Waals surface area contributed by atoms with Crippen molar-refractivity contribution in [3.05, 3.63) is 89.8 Å². The first-order valence-electron chi connectivity index (χ1n) is 11.6. The predicted molar refractivity (Wildman–Crippen MR) is 132 cm³/mol. The number of carbonyl (C=O) groups is 1. The summed E-state index contributed by atoms with van der Waals surface area (Å²) < 4.78 is 22.0. The maximum absolute atomic E-state index is 13.2. The molecule has 0 saturated heterocycles. The first-order valence-corrected chi connectivity index (χ1v) is 11.6. The highest BCUT2D eigenvalue weighted by Crippen LogP contribution is 2.38. The van der Waals surface area contributed by atoms with E-state index in [0.29, 0.717) is 35.4 Å². The first-order chi connectivity index (χ1) is 17.6. The Morgan fingerprint density at radius 3 is 2.47 bits per heavy atom. The van der Waals surface area contributed by atoms with E-state index in [1.807, 2.05) is 68.4 Å². The van der Waals surface area contributed by atoms with Gasteiger partial charge in [-0.1, -0.05) is 17.3 Å². The number of urea groups is 1. The molecule has 9 nitrogen and oxygen atoms in total. The molecular formula is C27H26N4O5. The molecule has 2 aromatic carbocycles. The standard InChI is InChI=1S/C27H26N4O5/c1-4-34-21-13-7-18(8-14-21)24-23(17(2)31(27(32)28-24)16-22-6-5-15-35-22)26-29-25(30-36-26)19-9-11-20(33-3)12-10-19/h5-15,24H,4,16H2,1-3H3,(H,28,32). The zero-order valence-corrected chi connectivity index (χ0v) is 20.2. The van der Waals surface area contributed by atoms with Gasteiger partial charge in [0.15, 0.2) is 0 Å². The van der Waals surface area contributed by atoms with E-state index < -0.39 is 6.04 Å². The third-order valence-corrected chi connectivity index (χ3v) is 6.02. The van der Waals surface area contributed by atoms with Crippen molar-refractivity contribution in [2.45, 2.75) is 26.4 Å². The molecule has 0 radical (unpaired) electrons. The number of benzene rings is 2. The van der Waals surface area contributed by atoms with Gasteiger partial charge in [0.05, 0.1) is 38.1 Å². The maximum atomic E-state index is 13.2. The predicted octanol–water partition coefficient (Wildman–Crippen LogP) is 5.43. The molecule has 2 amide bonds.